The molecule has 1 aromatic heterocycles. The number of benzene rings is 1. The van der Waals surface area contributed by atoms with Gasteiger partial charge < -0.3 is 10.1 Å². The van der Waals surface area contributed by atoms with Gasteiger partial charge in [-0.2, -0.15) is 0 Å². The van der Waals surface area contributed by atoms with Crippen LogP contribution in [0.4, 0.5) is 9.52 Å². The van der Waals surface area contributed by atoms with Crippen LogP contribution >= 0.6 is 11.3 Å². The lowest BCUT2D eigenvalue weighted by molar-refractivity contribution is -0.116. The molecule has 1 aliphatic heterocycles. The maximum absolute atomic E-state index is 13.8. The second kappa shape index (κ2) is 7.09. The summed E-state index contributed by atoms with van der Waals surface area (Å²) in [5.41, 5.74) is 1.13. The van der Waals surface area contributed by atoms with Crippen molar-refractivity contribution in [1.82, 2.24) is 4.98 Å². The minimum absolute atomic E-state index is 0.0642. The largest absolute Gasteiger partial charge is 0.494 e. The molecule has 3 rings (SSSR count). The number of carbonyl (C=O) groups excluding carboxylic acids is 1. The van der Waals surface area contributed by atoms with Gasteiger partial charge >= 0.3 is 0 Å². The number of thiazole rings is 1. The van der Waals surface area contributed by atoms with E-state index >= 15 is 0 Å². The average Bonchev–Trinajstić information content (AvgIpc) is 3.13. The van der Waals surface area contributed by atoms with Crippen LogP contribution in [0.1, 0.15) is 12.8 Å². The van der Waals surface area contributed by atoms with E-state index in [0.29, 0.717) is 22.8 Å². The van der Waals surface area contributed by atoms with E-state index in [2.05, 4.69) is 10.3 Å². The van der Waals surface area contributed by atoms with Crippen LogP contribution in [-0.4, -0.2) is 37.9 Å². The Bertz CT molecular complexity index is 895. The number of rotatable bonds is 5. The Kier molecular flexibility index (Phi) is 5.05. The highest BCUT2D eigenvalue weighted by Gasteiger charge is 2.29. The number of sulfone groups is 1. The first-order valence-electron chi connectivity index (χ1n) is 7.66. The number of halogens is 1. The summed E-state index contributed by atoms with van der Waals surface area (Å²) < 4.78 is 41.5. The Balaban J connectivity index is 1.63. The molecule has 1 amide bonds. The molecule has 9 heteroatoms. The fourth-order valence-corrected chi connectivity index (χ4v) is 5.35. The van der Waals surface area contributed by atoms with Crippen molar-refractivity contribution in [3.05, 3.63) is 29.4 Å². The molecule has 1 fully saturated rings. The summed E-state index contributed by atoms with van der Waals surface area (Å²) in [6, 6.07) is 4.53. The van der Waals surface area contributed by atoms with E-state index in [1.807, 2.05) is 0 Å². The van der Waals surface area contributed by atoms with E-state index in [9.17, 15) is 17.6 Å². The first-order valence-corrected chi connectivity index (χ1v) is 10.4. The van der Waals surface area contributed by atoms with Crippen molar-refractivity contribution < 1.29 is 22.3 Å². The summed E-state index contributed by atoms with van der Waals surface area (Å²) >= 11 is 1.23. The molecule has 2 aromatic rings. The van der Waals surface area contributed by atoms with E-state index in [0.717, 1.165) is 0 Å². The highest BCUT2D eigenvalue weighted by molar-refractivity contribution is 7.91. The number of amides is 1. The van der Waals surface area contributed by atoms with Crippen LogP contribution in [0, 0.1) is 11.7 Å². The number of nitrogens with zero attached hydrogens (tertiary/aromatic N) is 1. The van der Waals surface area contributed by atoms with E-state index in [1.54, 1.807) is 11.4 Å². The van der Waals surface area contributed by atoms with Gasteiger partial charge in [0.1, 0.15) is 0 Å². The number of hydrogen-bond donors (Lipinski definition) is 1. The van der Waals surface area contributed by atoms with Crippen molar-refractivity contribution >= 4 is 32.2 Å². The van der Waals surface area contributed by atoms with Gasteiger partial charge in [-0.3, -0.25) is 4.79 Å². The van der Waals surface area contributed by atoms with E-state index in [-0.39, 0.29) is 35.5 Å². The van der Waals surface area contributed by atoms with Crippen molar-refractivity contribution in [2.45, 2.75) is 12.8 Å². The van der Waals surface area contributed by atoms with Crippen molar-refractivity contribution in [2.75, 3.05) is 23.9 Å². The molecule has 0 aliphatic carbocycles. The molecule has 25 heavy (non-hydrogen) atoms. The fraction of sp³-hybridized carbons (Fsp3) is 0.375. The molecule has 1 saturated heterocycles. The lowest BCUT2D eigenvalue weighted by Gasteiger charge is -2.06. The van der Waals surface area contributed by atoms with E-state index < -0.39 is 15.7 Å². The first kappa shape index (κ1) is 17.8. The maximum atomic E-state index is 13.8. The molecule has 0 saturated carbocycles. The van der Waals surface area contributed by atoms with Crippen LogP contribution in [0.15, 0.2) is 23.6 Å². The maximum Gasteiger partial charge on any atom is 0.226 e. The summed E-state index contributed by atoms with van der Waals surface area (Å²) in [4.78, 5) is 16.3. The molecule has 0 bridgehead atoms. The predicted octanol–water partition coefficient (Wildman–Crippen LogP) is 2.72. The molecule has 1 N–H and O–H groups in total. The quantitative estimate of drug-likeness (QED) is 0.857. The van der Waals surface area contributed by atoms with Crippen LogP contribution < -0.4 is 10.1 Å². The second-order valence-corrected chi connectivity index (χ2v) is 9.00. The Morgan fingerprint density at radius 2 is 2.28 bits per heavy atom. The number of aromatic nitrogens is 1. The molecular weight excluding hydrogens is 367 g/mol. The van der Waals surface area contributed by atoms with E-state index in [1.165, 1.54) is 30.6 Å². The van der Waals surface area contributed by atoms with Gasteiger partial charge in [-0.25, -0.2) is 17.8 Å². The SMILES string of the molecule is COc1ccc(-c2csc(NC(=O)C[C@H]3CCS(=O)(=O)C3)n2)cc1F. The van der Waals surface area contributed by atoms with Gasteiger partial charge in [0.2, 0.25) is 5.91 Å². The van der Waals surface area contributed by atoms with Crippen molar-refractivity contribution in [2.24, 2.45) is 5.92 Å². The normalized spacial score (nSPS) is 18.9. The number of ether oxygens (including phenoxy) is 1. The lowest BCUT2D eigenvalue weighted by atomic mass is 10.1. The molecule has 1 atom stereocenters. The molecule has 2 heterocycles. The summed E-state index contributed by atoms with van der Waals surface area (Å²) in [6.45, 7) is 0. The Morgan fingerprint density at radius 3 is 2.92 bits per heavy atom. The van der Waals surface area contributed by atoms with Gasteiger partial charge in [0.15, 0.2) is 26.5 Å². The second-order valence-electron chi connectivity index (χ2n) is 5.91. The standard InChI is InChI=1S/C16H17FN2O4S2/c1-23-14-3-2-11(7-12(14)17)13-8-24-16(18-13)19-15(20)6-10-4-5-25(21,22)9-10/h2-3,7-8,10H,4-6,9H2,1H3,(H,18,19,20)/t10-/m1/s1. The van der Waals surface area contributed by atoms with Crippen molar-refractivity contribution in [1.29, 1.82) is 0 Å². The van der Waals surface area contributed by atoms with Crippen LogP contribution in [-0.2, 0) is 14.6 Å². The first-order chi connectivity index (χ1) is 11.9. The van der Waals surface area contributed by atoms with Gasteiger partial charge in [0.25, 0.3) is 0 Å². The zero-order valence-corrected chi connectivity index (χ0v) is 15.1. The van der Waals surface area contributed by atoms with Crippen LogP contribution in [0.5, 0.6) is 5.75 Å². The summed E-state index contributed by atoms with van der Waals surface area (Å²) in [5, 5.41) is 4.80. The van der Waals surface area contributed by atoms with Gasteiger partial charge in [-0.1, -0.05) is 0 Å². The van der Waals surface area contributed by atoms with Crippen LogP contribution in [0.25, 0.3) is 11.3 Å². The van der Waals surface area contributed by atoms with E-state index in [4.69, 9.17) is 4.74 Å². The molecule has 0 unspecified atom stereocenters. The number of carbonyl (C=O) groups is 1. The number of nitrogens with one attached hydrogen (secondary N) is 1. The van der Waals surface area contributed by atoms with Gasteiger partial charge in [0.05, 0.1) is 24.3 Å². The van der Waals surface area contributed by atoms with Gasteiger partial charge in [-0.05, 0) is 30.5 Å². The third-order valence-corrected chi connectivity index (χ3v) is 6.59. The summed E-state index contributed by atoms with van der Waals surface area (Å²) in [7, 11) is -1.60. The molecule has 134 valence electrons. The van der Waals surface area contributed by atoms with Gasteiger partial charge in [0, 0.05) is 17.4 Å². The minimum Gasteiger partial charge on any atom is -0.494 e. The summed E-state index contributed by atoms with van der Waals surface area (Å²) in [5.74, 6) is -0.520. The third kappa shape index (κ3) is 4.35. The molecule has 6 nitrogen and oxygen atoms in total. The smallest absolute Gasteiger partial charge is 0.226 e. The zero-order chi connectivity index (χ0) is 18.0. The molecular formula is C16H17FN2O4S2. The Labute approximate surface area is 149 Å². The molecule has 1 aliphatic rings. The molecule has 1 aromatic carbocycles. The zero-order valence-electron chi connectivity index (χ0n) is 13.5. The average molecular weight is 384 g/mol. The Morgan fingerprint density at radius 1 is 1.48 bits per heavy atom. The highest BCUT2D eigenvalue weighted by Crippen LogP contribution is 2.29. The number of hydrogen-bond acceptors (Lipinski definition) is 6. The molecule has 0 radical (unpaired) electrons. The molecule has 0 spiro atoms. The number of anilines is 1. The Hall–Kier alpha value is -2.00. The van der Waals surface area contributed by atoms with Gasteiger partial charge in [-0.15, -0.1) is 11.3 Å². The van der Waals surface area contributed by atoms with Crippen LogP contribution in [0.2, 0.25) is 0 Å². The van der Waals surface area contributed by atoms with Crippen molar-refractivity contribution in [3.63, 3.8) is 0 Å². The minimum atomic E-state index is -2.99. The topological polar surface area (TPSA) is 85.4 Å². The predicted molar refractivity (Wildman–Crippen MR) is 94.1 cm³/mol. The fourth-order valence-electron chi connectivity index (χ4n) is 2.75. The van der Waals surface area contributed by atoms with Crippen LogP contribution in [0.3, 0.4) is 0 Å². The lowest BCUT2D eigenvalue weighted by Crippen LogP contribution is -2.17. The summed E-state index contributed by atoms with van der Waals surface area (Å²) in [6.07, 6.45) is 0.676. The number of methoxy groups -OCH3 is 1. The monoisotopic (exact) mass is 384 g/mol. The van der Waals surface area contributed by atoms with Crippen molar-refractivity contribution in [3.8, 4) is 17.0 Å². The third-order valence-electron chi connectivity index (χ3n) is 4.00. The highest BCUT2D eigenvalue weighted by atomic mass is 32.2.